The molecular weight excluding hydrogens is 251 g/mol. The number of nitrogens with two attached hydrogens (primary N) is 1. The molecule has 0 saturated heterocycles. The summed E-state index contributed by atoms with van der Waals surface area (Å²) < 4.78 is 14.0. The van der Waals surface area contributed by atoms with Crippen LogP contribution in [0.5, 0.6) is 0 Å². The normalized spacial score (nSPS) is 16.8. The Bertz CT molecular complexity index is 646. The number of benzene rings is 1. The Balaban J connectivity index is 2.01. The molecule has 1 aromatic carbocycles. The molecule has 1 heterocycles. The van der Waals surface area contributed by atoms with Gasteiger partial charge in [-0.1, -0.05) is 0 Å². The second-order valence-electron chi connectivity index (χ2n) is 5.00. The fourth-order valence-electron chi connectivity index (χ4n) is 1.90. The van der Waals surface area contributed by atoms with E-state index in [9.17, 15) is 9.18 Å². The smallest absolute Gasteiger partial charge is 0.263 e. The zero-order valence-electron chi connectivity index (χ0n) is 9.92. The van der Waals surface area contributed by atoms with Gasteiger partial charge in [0.15, 0.2) is 0 Å². The third kappa shape index (κ3) is 1.84. The number of carbonyl (C=O) groups excluding carboxylic acids is 1. The van der Waals surface area contributed by atoms with Crippen LogP contribution in [-0.4, -0.2) is 11.4 Å². The van der Waals surface area contributed by atoms with Crippen LogP contribution in [0.4, 0.5) is 10.1 Å². The van der Waals surface area contributed by atoms with Gasteiger partial charge in [-0.05, 0) is 38.0 Å². The fourth-order valence-corrected chi connectivity index (χ4v) is 2.90. The van der Waals surface area contributed by atoms with Crippen molar-refractivity contribution in [3.05, 3.63) is 28.9 Å². The highest BCUT2D eigenvalue weighted by molar-refractivity contribution is 7.21. The van der Waals surface area contributed by atoms with Crippen molar-refractivity contribution < 1.29 is 9.18 Å². The van der Waals surface area contributed by atoms with E-state index in [0.29, 0.717) is 16.0 Å². The van der Waals surface area contributed by atoms with Gasteiger partial charge in [0.1, 0.15) is 10.7 Å². The number of hydrogen-bond acceptors (Lipinski definition) is 3. The number of amides is 1. The number of thiophene rings is 1. The molecule has 3 rings (SSSR count). The van der Waals surface area contributed by atoms with Gasteiger partial charge in [-0.15, -0.1) is 11.3 Å². The average molecular weight is 264 g/mol. The SMILES string of the molecule is CC1(NC(=O)c2sc3ccc(F)cc3c2N)CC1. The molecule has 0 aliphatic heterocycles. The predicted octanol–water partition coefficient (Wildman–Crippen LogP) is 2.90. The van der Waals surface area contributed by atoms with E-state index < -0.39 is 0 Å². The summed E-state index contributed by atoms with van der Waals surface area (Å²) in [5, 5.41) is 3.58. The van der Waals surface area contributed by atoms with Gasteiger partial charge < -0.3 is 11.1 Å². The lowest BCUT2D eigenvalue weighted by atomic mass is 10.2. The molecule has 0 spiro atoms. The van der Waals surface area contributed by atoms with Gasteiger partial charge in [-0.3, -0.25) is 4.79 Å². The van der Waals surface area contributed by atoms with Crippen LogP contribution in [0.25, 0.3) is 10.1 Å². The van der Waals surface area contributed by atoms with Crippen molar-refractivity contribution in [1.29, 1.82) is 0 Å². The van der Waals surface area contributed by atoms with E-state index in [4.69, 9.17) is 5.73 Å². The molecule has 0 radical (unpaired) electrons. The minimum absolute atomic E-state index is 0.0784. The maximum Gasteiger partial charge on any atom is 0.263 e. The maximum absolute atomic E-state index is 13.2. The minimum Gasteiger partial charge on any atom is -0.397 e. The topological polar surface area (TPSA) is 55.1 Å². The molecule has 1 aliphatic rings. The number of carbonyl (C=O) groups is 1. The Morgan fingerprint density at radius 3 is 2.89 bits per heavy atom. The molecule has 18 heavy (non-hydrogen) atoms. The Hall–Kier alpha value is -1.62. The summed E-state index contributed by atoms with van der Waals surface area (Å²) in [7, 11) is 0. The maximum atomic E-state index is 13.2. The molecule has 0 atom stereocenters. The second kappa shape index (κ2) is 3.68. The van der Waals surface area contributed by atoms with Crippen LogP contribution in [0.3, 0.4) is 0 Å². The van der Waals surface area contributed by atoms with Gasteiger partial charge in [0.2, 0.25) is 0 Å². The Labute approximate surface area is 108 Å². The number of fused-ring (bicyclic) bond motifs is 1. The average Bonchev–Trinajstić information content (AvgIpc) is 2.94. The summed E-state index contributed by atoms with van der Waals surface area (Å²) in [5.41, 5.74) is 6.22. The van der Waals surface area contributed by atoms with Crippen LogP contribution in [0.1, 0.15) is 29.4 Å². The van der Waals surface area contributed by atoms with E-state index in [1.165, 1.54) is 23.5 Å². The highest BCUT2D eigenvalue weighted by Gasteiger charge is 2.39. The lowest BCUT2D eigenvalue weighted by Crippen LogP contribution is -2.34. The van der Waals surface area contributed by atoms with Gasteiger partial charge in [-0.2, -0.15) is 0 Å². The number of anilines is 1. The van der Waals surface area contributed by atoms with Crippen molar-refractivity contribution in [3.63, 3.8) is 0 Å². The summed E-state index contributed by atoms with van der Waals surface area (Å²) in [5.74, 6) is -0.498. The van der Waals surface area contributed by atoms with Crippen LogP contribution in [0, 0.1) is 5.82 Å². The zero-order valence-corrected chi connectivity index (χ0v) is 10.7. The van der Waals surface area contributed by atoms with Crippen LogP contribution in [0.15, 0.2) is 18.2 Å². The monoisotopic (exact) mass is 264 g/mol. The molecule has 1 aromatic heterocycles. The van der Waals surface area contributed by atoms with E-state index in [1.54, 1.807) is 6.07 Å². The molecule has 3 nitrogen and oxygen atoms in total. The van der Waals surface area contributed by atoms with E-state index in [1.807, 2.05) is 6.92 Å². The van der Waals surface area contributed by atoms with Gasteiger partial charge in [0, 0.05) is 15.6 Å². The molecule has 0 unspecified atom stereocenters. The first-order chi connectivity index (χ1) is 8.48. The minimum atomic E-state index is -0.340. The highest BCUT2D eigenvalue weighted by Crippen LogP contribution is 2.37. The number of nitrogens with one attached hydrogen (secondary N) is 1. The third-order valence-corrected chi connectivity index (χ3v) is 4.50. The summed E-state index contributed by atoms with van der Waals surface area (Å²) in [4.78, 5) is 12.6. The van der Waals surface area contributed by atoms with Crippen molar-refractivity contribution in [2.24, 2.45) is 0 Å². The largest absolute Gasteiger partial charge is 0.397 e. The van der Waals surface area contributed by atoms with Crippen molar-refractivity contribution in [3.8, 4) is 0 Å². The lowest BCUT2D eigenvalue weighted by Gasteiger charge is -2.10. The molecule has 2 aromatic rings. The first-order valence-electron chi connectivity index (χ1n) is 5.79. The summed E-state index contributed by atoms with van der Waals surface area (Å²) in [6.45, 7) is 2.01. The van der Waals surface area contributed by atoms with Crippen molar-refractivity contribution in [1.82, 2.24) is 5.32 Å². The first-order valence-corrected chi connectivity index (χ1v) is 6.60. The van der Waals surface area contributed by atoms with Crippen molar-refractivity contribution in [2.75, 3.05) is 5.73 Å². The van der Waals surface area contributed by atoms with E-state index in [0.717, 1.165) is 17.5 Å². The number of rotatable bonds is 2. The van der Waals surface area contributed by atoms with Gasteiger partial charge >= 0.3 is 0 Å². The molecule has 1 aliphatic carbocycles. The van der Waals surface area contributed by atoms with Crippen molar-refractivity contribution in [2.45, 2.75) is 25.3 Å². The Kier molecular flexibility index (Phi) is 2.35. The second-order valence-corrected chi connectivity index (χ2v) is 6.05. The number of nitrogen functional groups attached to an aromatic ring is 1. The molecule has 1 saturated carbocycles. The van der Waals surface area contributed by atoms with Gasteiger partial charge in [0.25, 0.3) is 5.91 Å². The zero-order chi connectivity index (χ0) is 12.9. The lowest BCUT2D eigenvalue weighted by molar-refractivity contribution is 0.0940. The van der Waals surface area contributed by atoms with Crippen LogP contribution in [-0.2, 0) is 0 Å². The van der Waals surface area contributed by atoms with E-state index in [-0.39, 0.29) is 17.3 Å². The van der Waals surface area contributed by atoms with Crippen LogP contribution >= 0.6 is 11.3 Å². The molecule has 5 heteroatoms. The highest BCUT2D eigenvalue weighted by atomic mass is 32.1. The summed E-state index contributed by atoms with van der Waals surface area (Å²) in [6, 6.07) is 4.40. The molecule has 0 bridgehead atoms. The Morgan fingerprint density at radius 2 is 2.22 bits per heavy atom. The van der Waals surface area contributed by atoms with Gasteiger partial charge in [0.05, 0.1) is 5.69 Å². The molecule has 94 valence electrons. The molecule has 3 N–H and O–H groups in total. The fraction of sp³-hybridized carbons (Fsp3) is 0.308. The van der Waals surface area contributed by atoms with Gasteiger partial charge in [-0.25, -0.2) is 4.39 Å². The van der Waals surface area contributed by atoms with Crippen LogP contribution < -0.4 is 11.1 Å². The molecular formula is C13H13FN2OS. The van der Waals surface area contributed by atoms with E-state index >= 15 is 0 Å². The molecule has 1 fully saturated rings. The number of hydrogen-bond donors (Lipinski definition) is 2. The summed E-state index contributed by atoms with van der Waals surface area (Å²) in [6.07, 6.45) is 2.00. The predicted molar refractivity (Wildman–Crippen MR) is 71.3 cm³/mol. The van der Waals surface area contributed by atoms with E-state index in [2.05, 4.69) is 5.32 Å². The standard InChI is InChI=1S/C13H13FN2OS/c1-13(4-5-13)16-12(17)11-10(15)8-6-7(14)2-3-9(8)18-11/h2-3,6H,4-5,15H2,1H3,(H,16,17). The number of halogens is 1. The quantitative estimate of drug-likeness (QED) is 0.876. The third-order valence-electron chi connectivity index (χ3n) is 3.31. The van der Waals surface area contributed by atoms with Crippen molar-refractivity contribution >= 4 is 33.0 Å². The summed E-state index contributed by atoms with van der Waals surface area (Å²) >= 11 is 1.31. The Morgan fingerprint density at radius 1 is 1.50 bits per heavy atom. The first kappa shape index (κ1) is 11.5. The van der Waals surface area contributed by atoms with Crippen LogP contribution in [0.2, 0.25) is 0 Å². The molecule has 1 amide bonds.